The van der Waals surface area contributed by atoms with Crippen molar-refractivity contribution in [1.29, 1.82) is 0 Å². The second-order valence-electron chi connectivity index (χ2n) is 6.81. The van der Waals surface area contributed by atoms with Crippen molar-refractivity contribution in [2.45, 2.75) is 32.1 Å². The van der Waals surface area contributed by atoms with Gasteiger partial charge in [-0.1, -0.05) is 24.6 Å². The summed E-state index contributed by atoms with van der Waals surface area (Å²) in [4.78, 5) is 18.7. The number of pyridine rings is 1. The standard InChI is InChI=1S/C21H28N4O/c26-21(23-13-2-5-16-25-14-3-1-4-15-25)24-20-10-8-18(9-11-20)19-7-6-12-22-17-19/h6-12,17H,1-5,13-16H2,(H2,23,24,26). The van der Waals surface area contributed by atoms with E-state index in [9.17, 15) is 4.79 Å². The second-order valence-corrected chi connectivity index (χ2v) is 6.81. The van der Waals surface area contributed by atoms with Gasteiger partial charge in [-0.25, -0.2) is 4.79 Å². The number of piperidine rings is 1. The second kappa shape index (κ2) is 9.92. The molecule has 1 aliphatic heterocycles. The van der Waals surface area contributed by atoms with Gasteiger partial charge in [0.1, 0.15) is 0 Å². The maximum atomic E-state index is 12.0. The van der Waals surface area contributed by atoms with Crippen LogP contribution in [0.1, 0.15) is 32.1 Å². The molecule has 0 aliphatic carbocycles. The molecule has 3 rings (SSSR count). The molecule has 1 aliphatic rings. The van der Waals surface area contributed by atoms with Crippen LogP contribution in [0.3, 0.4) is 0 Å². The normalized spacial score (nSPS) is 14.8. The quantitative estimate of drug-likeness (QED) is 0.737. The Kier molecular flexibility index (Phi) is 7.02. The van der Waals surface area contributed by atoms with Gasteiger partial charge in [0.2, 0.25) is 0 Å². The SMILES string of the molecule is O=C(NCCCCN1CCCCC1)Nc1ccc(-c2cccnc2)cc1. The zero-order chi connectivity index (χ0) is 18.0. The highest BCUT2D eigenvalue weighted by Gasteiger charge is 2.09. The van der Waals surface area contributed by atoms with E-state index in [2.05, 4.69) is 20.5 Å². The Labute approximate surface area is 155 Å². The highest BCUT2D eigenvalue weighted by atomic mass is 16.2. The summed E-state index contributed by atoms with van der Waals surface area (Å²) in [7, 11) is 0. The van der Waals surface area contributed by atoms with Crippen molar-refractivity contribution in [3.05, 3.63) is 48.8 Å². The fraction of sp³-hybridized carbons (Fsp3) is 0.429. The summed E-state index contributed by atoms with van der Waals surface area (Å²) in [6, 6.07) is 11.6. The maximum Gasteiger partial charge on any atom is 0.319 e. The van der Waals surface area contributed by atoms with Crippen LogP contribution < -0.4 is 10.6 Å². The van der Waals surface area contributed by atoms with Gasteiger partial charge in [-0.3, -0.25) is 4.98 Å². The molecule has 2 N–H and O–H groups in total. The lowest BCUT2D eigenvalue weighted by molar-refractivity contribution is 0.224. The Morgan fingerprint density at radius 1 is 1.00 bits per heavy atom. The van der Waals surface area contributed by atoms with Crippen LogP contribution in [0, 0.1) is 0 Å². The van der Waals surface area contributed by atoms with Crippen molar-refractivity contribution in [2.24, 2.45) is 0 Å². The Morgan fingerprint density at radius 2 is 1.81 bits per heavy atom. The number of carbonyl (C=O) groups is 1. The number of rotatable bonds is 7. The number of anilines is 1. The third-order valence-corrected chi connectivity index (χ3v) is 4.77. The molecule has 0 saturated carbocycles. The number of amides is 2. The Morgan fingerprint density at radius 3 is 2.54 bits per heavy atom. The van der Waals surface area contributed by atoms with E-state index in [4.69, 9.17) is 0 Å². The number of hydrogen-bond donors (Lipinski definition) is 2. The number of nitrogens with zero attached hydrogens (tertiary/aromatic N) is 2. The Bertz CT molecular complexity index is 666. The van der Waals surface area contributed by atoms with E-state index in [1.807, 2.05) is 42.6 Å². The van der Waals surface area contributed by atoms with Crippen LogP contribution in [0.4, 0.5) is 10.5 Å². The molecular weight excluding hydrogens is 324 g/mol. The molecule has 0 atom stereocenters. The number of unbranched alkanes of at least 4 members (excludes halogenated alkanes) is 1. The van der Waals surface area contributed by atoms with Crippen molar-refractivity contribution in [3.63, 3.8) is 0 Å². The van der Waals surface area contributed by atoms with Gasteiger partial charge < -0.3 is 15.5 Å². The Balaban J connectivity index is 1.34. The summed E-state index contributed by atoms with van der Waals surface area (Å²) >= 11 is 0. The fourth-order valence-electron chi connectivity index (χ4n) is 3.30. The molecule has 1 aromatic heterocycles. The summed E-state index contributed by atoms with van der Waals surface area (Å²) < 4.78 is 0. The number of hydrogen-bond acceptors (Lipinski definition) is 3. The average Bonchev–Trinajstić information content (AvgIpc) is 2.70. The van der Waals surface area contributed by atoms with Crippen molar-refractivity contribution in [2.75, 3.05) is 31.5 Å². The number of likely N-dealkylation sites (tertiary alicyclic amines) is 1. The predicted octanol–water partition coefficient (Wildman–Crippen LogP) is 4.14. The molecule has 2 amide bonds. The highest BCUT2D eigenvalue weighted by Crippen LogP contribution is 2.20. The number of nitrogens with one attached hydrogen (secondary N) is 2. The smallest absolute Gasteiger partial charge is 0.319 e. The molecule has 2 aromatic rings. The van der Waals surface area contributed by atoms with Crippen LogP contribution in [0.15, 0.2) is 48.8 Å². The molecule has 1 aromatic carbocycles. The molecule has 5 nitrogen and oxygen atoms in total. The molecule has 1 fully saturated rings. The van der Waals surface area contributed by atoms with Gasteiger partial charge in [0.25, 0.3) is 0 Å². The topological polar surface area (TPSA) is 57.3 Å². The van der Waals surface area contributed by atoms with E-state index >= 15 is 0 Å². The van der Waals surface area contributed by atoms with E-state index in [0.717, 1.165) is 36.2 Å². The van der Waals surface area contributed by atoms with E-state index < -0.39 is 0 Å². The zero-order valence-electron chi connectivity index (χ0n) is 15.3. The van der Waals surface area contributed by atoms with Crippen LogP contribution in [-0.4, -0.2) is 42.1 Å². The van der Waals surface area contributed by atoms with Gasteiger partial charge in [0, 0.05) is 24.6 Å². The first-order valence-corrected chi connectivity index (χ1v) is 9.59. The first-order chi connectivity index (χ1) is 12.8. The average molecular weight is 352 g/mol. The minimum absolute atomic E-state index is 0.142. The van der Waals surface area contributed by atoms with Crippen molar-refractivity contribution < 1.29 is 4.79 Å². The van der Waals surface area contributed by atoms with E-state index in [1.54, 1.807) is 6.20 Å². The summed E-state index contributed by atoms with van der Waals surface area (Å²) in [5.41, 5.74) is 2.95. The zero-order valence-corrected chi connectivity index (χ0v) is 15.3. The number of carbonyl (C=O) groups excluding carboxylic acids is 1. The van der Waals surface area contributed by atoms with E-state index in [-0.39, 0.29) is 6.03 Å². The van der Waals surface area contributed by atoms with Gasteiger partial charge >= 0.3 is 6.03 Å². The molecule has 138 valence electrons. The van der Waals surface area contributed by atoms with Crippen molar-refractivity contribution in [3.8, 4) is 11.1 Å². The molecule has 0 bridgehead atoms. The summed E-state index contributed by atoms with van der Waals surface area (Å²) in [5, 5.41) is 5.82. The van der Waals surface area contributed by atoms with Gasteiger partial charge in [-0.2, -0.15) is 0 Å². The number of benzene rings is 1. The van der Waals surface area contributed by atoms with Crippen LogP contribution >= 0.6 is 0 Å². The molecule has 0 unspecified atom stereocenters. The fourth-order valence-corrected chi connectivity index (χ4v) is 3.30. The van der Waals surface area contributed by atoms with Crippen LogP contribution in [0.25, 0.3) is 11.1 Å². The largest absolute Gasteiger partial charge is 0.338 e. The summed E-state index contributed by atoms with van der Waals surface area (Å²) in [6.45, 7) is 4.35. The minimum Gasteiger partial charge on any atom is -0.338 e. The minimum atomic E-state index is -0.142. The molecule has 5 heteroatoms. The third-order valence-electron chi connectivity index (χ3n) is 4.77. The first-order valence-electron chi connectivity index (χ1n) is 9.59. The first kappa shape index (κ1) is 18.4. The summed E-state index contributed by atoms with van der Waals surface area (Å²) in [6.07, 6.45) is 9.79. The molecular formula is C21H28N4O. The number of aromatic nitrogens is 1. The highest BCUT2D eigenvalue weighted by molar-refractivity contribution is 5.89. The van der Waals surface area contributed by atoms with Gasteiger partial charge in [-0.15, -0.1) is 0 Å². The van der Waals surface area contributed by atoms with E-state index in [1.165, 1.54) is 32.4 Å². The van der Waals surface area contributed by atoms with Crippen LogP contribution in [0.2, 0.25) is 0 Å². The third kappa shape index (κ3) is 5.85. The summed E-state index contributed by atoms with van der Waals surface area (Å²) in [5.74, 6) is 0. The molecule has 26 heavy (non-hydrogen) atoms. The van der Waals surface area contributed by atoms with Gasteiger partial charge in [0.05, 0.1) is 0 Å². The van der Waals surface area contributed by atoms with Crippen molar-refractivity contribution in [1.82, 2.24) is 15.2 Å². The molecule has 0 spiro atoms. The maximum absolute atomic E-state index is 12.0. The predicted molar refractivity (Wildman–Crippen MR) is 106 cm³/mol. The molecule has 2 heterocycles. The van der Waals surface area contributed by atoms with Crippen LogP contribution in [-0.2, 0) is 0 Å². The lowest BCUT2D eigenvalue weighted by atomic mass is 10.1. The lowest BCUT2D eigenvalue weighted by Gasteiger charge is -2.26. The number of urea groups is 1. The van der Waals surface area contributed by atoms with Gasteiger partial charge in [-0.05, 0) is 74.6 Å². The lowest BCUT2D eigenvalue weighted by Crippen LogP contribution is -2.32. The monoisotopic (exact) mass is 352 g/mol. The Hall–Kier alpha value is -2.40. The molecule has 1 saturated heterocycles. The van der Waals surface area contributed by atoms with Crippen molar-refractivity contribution >= 4 is 11.7 Å². The molecule has 0 radical (unpaired) electrons. The van der Waals surface area contributed by atoms with Gasteiger partial charge in [0.15, 0.2) is 0 Å². The van der Waals surface area contributed by atoms with Crippen LogP contribution in [0.5, 0.6) is 0 Å². The van der Waals surface area contributed by atoms with E-state index in [0.29, 0.717) is 6.54 Å².